The van der Waals surface area contributed by atoms with Gasteiger partial charge in [-0.05, 0) is 30.3 Å². The molecular formula is C18H15N5. The van der Waals surface area contributed by atoms with Crippen LogP contribution in [-0.4, -0.2) is 17.0 Å². The largest absolute Gasteiger partial charge is 0.340 e. The Hall–Kier alpha value is -3.39. The van der Waals surface area contributed by atoms with Gasteiger partial charge in [0.05, 0.1) is 11.6 Å². The van der Waals surface area contributed by atoms with Crippen LogP contribution in [0.1, 0.15) is 5.56 Å². The Kier molecular flexibility index (Phi) is 4.16. The van der Waals surface area contributed by atoms with E-state index in [0.717, 1.165) is 17.2 Å². The summed E-state index contributed by atoms with van der Waals surface area (Å²) in [6, 6.07) is 21.2. The third kappa shape index (κ3) is 3.44. The summed E-state index contributed by atoms with van der Waals surface area (Å²) in [5.41, 5.74) is 2.46. The van der Waals surface area contributed by atoms with Crippen LogP contribution in [0.5, 0.6) is 0 Å². The molecule has 1 aromatic heterocycles. The van der Waals surface area contributed by atoms with Crippen molar-refractivity contribution in [3.8, 4) is 6.07 Å². The molecule has 1 N–H and O–H groups in total. The van der Waals surface area contributed by atoms with Gasteiger partial charge in [0.2, 0.25) is 0 Å². The molecule has 1 heterocycles. The van der Waals surface area contributed by atoms with Gasteiger partial charge in [-0.1, -0.05) is 24.3 Å². The molecular weight excluding hydrogens is 286 g/mol. The standard InChI is InChI=1S/C18H15N5/c1-23(16-8-3-2-4-9-16)18-11-17(20-13-21-18)22-15-7-5-6-14(10-15)12-19/h2-11,13H,1H3,(H,20,21,22). The minimum Gasteiger partial charge on any atom is -0.340 e. The van der Waals surface area contributed by atoms with Gasteiger partial charge in [-0.25, -0.2) is 9.97 Å². The summed E-state index contributed by atoms with van der Waals surface area (Å²) in [5.74, 6) is 1.46. The van der Waals surface area contributed by atoms with Crippen molar-refractivity contribution in [1.29, 1.82) is 5.26 Å². The van der Waals surface area contributed by atoms with Crippen molar-refractivity contribution in [2.24, 2.45) is 0 Å². The topological polar surface area (TPSA) is 64.8 Å². The number of aromatic nitrogens is 2. The van der Waals surface area contributed by atoms with Crippen LogP contribution in [0.15, 0.2) is 67.0 Å². The molecule has 3 aromatic rings. The molecule has 112 valence electrons. The van der Waals surface area contributed by atoms with E-state index in [1.54, 1.807) is 12.1 Å². The molecule has 0 spiro atoms. The highest BCUT2D eigenvalue weighted by atomic mass is 15.2. The minimum atomic E-state index is 0.602. The predicted molar refractivity (Wildman–Crippen MR) is 91.0 cm³/mol. The minimum absolute atomic E-state index is 0.602. The van der Waals surface area contributed by atoms with E-state index in [2.05, 4.69) is 21.4 Å². The van der Waals surface area contributed by atoms with E-state index in [4.69, 9.17) is 5.26 Å². The zero-order valence-corrected chi connectivity index (χ0v) is 12.6. The molecule has 5 heteroatoms. The van der Waals surface area contributed by atoms with Crippen LogP contribution < -0.4 is 10.2 Å². The smallest absolute Gasteiger partial charge is 0.138 e. The van der Waals surface area contributed by atoms with E-state index < -0.39 is 0 Å². The Balaban J connectivity index is 1.84. The molecule has 0 aliphatic rings. The maximum absolute atomic E-state index is 8.96. The summed E-state index contributed by atoms with van der Waals surface area (Å²) in [6.45, 7) is 0. The maximum atomic E-state index is 8.96. The summed E-state index contributed by atoms with van der Waals surface area (Å²) in [5, 5.41) is 12.2. The molecule has 0 aliphatic carbocycles. The van der Waals surface area contributed by atoms with Crippen LogP contribution in [0.25, 0.3) is 0 Å². The molecule has 0 bridgehead atoms. The SMILES string of the molecule is CN(c1ccccc1)c1cc(Nc2cccc(C#N)c2)ncn1. The average molecular weight is 301 g/mol. The number of nitrogens with zero attached hydrogens (tertiary/aromatic N) is 4. The number of rotatable bonds is 4. The van der Waals surface area contributed by atoms with Crippen LogP contribution in [0.3, 0.4) is 0 Å². The van der Waals surface area contributed by atoms with Crippen LogP contribution in [-0.2, 0) is 0 Å². The van der Waals surface area contributed by atoms with Crippen molar-refractivity contribution in [3.05, 3.63) is 72.6 Å². The molecule has 5 nitrogen and oxygen atoms in total. The van der Waals surface area contributed by atoms with Gasteiger partial charge in [-0.3, -0.25) is 0 Å². The fraction of sp³-hybridized carbons (Fsp3) is 0.0556. The Labute approximate surface area is 134 Å². The van der Waals surface area contributed by atoms with Crippen LogP contribution >= 0.6 is 0 Å². The fourth-order valence-electron chi connectivity index (χ4n) is 2.20. The lowest BCUT2D eigenvalue weighted by Crippen LogP contribution is -2.11. The highest BCUT2D eigenvalue weighted by Gasteiger charge is 2.06. The van der Waals surface area contributed by atoms with Crippen molar-refractivity contribution < 1.29 is 0 Å². The molecule has 0 fully saturated rings. The number of hydrogen-bond donors (Lipinski definition) is 1. The van der Waals surface area contributed by atoms with Gasteiger partial charge in [-0.15, -0.1) is 0 Å². The normalized spacial score (nSPS) is 9.91. The number of benzene rings is 2. The number of para-hydroxylation sites is 1. The molecule has 0 unspecified atom stereocenters. The molecule has 0 amide bonds. The lowest BCUT2D eigenvalue weighted by atomic mass is 10.2. The quantitative estimate of drug-likeness (QED) is 0.792. The van der Waals surface area contributed by atoms with E-state index in [-0.39, 0.29) is 0 Å². The third-order valence-corrected chi connectivity index (χ3v) is 3.40. The number of nitrogens with one attached hydrogen (secondary N) is 1. The van der Waals surface area contributed by atoms with Crippen molar-refractivity contribution >= 4 is 23.0 Å². The first-order valence-corrected chi connectivity index (χ1v) is 7.14. The number of anilines is 4. The summed E-state index contributed by atoms with van der Waals surface area (Å²) in [4.78, 5) is 10.5. The second kappa shape index (κ2) is 6.58. The molecule has 0 saturated carbocycles. The highest BCUT2D eigenvalue weighted by molar-refractivity contribution is 5.65. The van der Waals surface area contributed by atoms with Gasteiger partial charge < -0.3 is 10.2 Å². The number of nitriles is 1. The molecule has 0 saturated heterocycles. The van der Waals surface area contributed by atoms with Crippen molar-refractivity contribution in [2.75, 3.05) is 17.3 Å². The first-order chi connectivity index (χ1) is 11.3. The zero-order chi connectivity index (χ0) is 16.1. The first-order valence-electron chi connectivity index (χ1n) is 7.14. The summed E-state index contributed by atoms with van der Waals surface area (Å²) in [6.07, 6.45) is 1.52. The van der Waals surface area contributed by atoms with E-state index in [0.29, 0.717) is 11.4 Å². The summed E-state index contributed by atoms with van der Waals surface area (Å²) < 4.78 is 0. The average Bonchev–Trinajstić information content (AvgIpc) is 2.62. The zero-order valence-electron chi connectivity index (χ0n) is 12.6. The fourth-order valence-corrected chi connectivity index (χ4v) is 2.20. The van der Waals surface area contributed by atoms with Gasteiger partial charge in [-0.2, -0.15) is 5.26 Å². The monoisotopic (exact) mass is 301 g/mol. The summed E-state index contributed by atoms with van der Waals surface area (Å²) >= 11 is 0. The Morgan fingerprint density at radius 2 is 1.83 bits per heavy atom. The lowest BCUT2D eigenvalue weighted by Gasteiger charge is -2.18. The summed E-state index contributed by atoms with van der Waals surface area (Å²) in [7, 11) is 1.96. The van der Waals surface area contributed by atoms with E-state index in [1.165, 1.54) is 6.33 Å². The van der Waals surface area contributed by atoms with E-state index >= 15 is 0 Å². The Morgan fingerprint density at radius 1 is 1.00 bits per heavy atom. The van der Waals surface area contributed by atoms with Crippen LogP contribution in [0, 0.1) is 11.3 Å². The lowest BCUT2D eigenvalue weighted by molar-refractivity contribution is 1.08. The molecule has 23 heavy (non-hydrogen) atoms. The Morgan fingerprint density at radius 3 is 2.61 bits per heavy atom. The number of hydrogen-bond acceptors (Lipinski definition) is 5. The van der Waals surface area contributed by atoms with Gasteiger partial charge in [0, 0.05) is 24.5 Å². The highest BCUT2D eigenvalue weighted by Crippen LogP contribution is 2.23. The predicted octanol–water partition coefficient (Wildman–Crippen LogP) is 3.86. The third-order valence-electron chi connectivity index (χ3n) is 3.40. The molecule has 0 aliphatic heterocycles. The molecule has 3 rings (SSSR count). The van der Waals surface area contributed by atoms with E-state index in [1.807, 2.05) is 60.5 Å². The van der Waals surface area contributed by atoms with Crippen LogP contribution in [0.4, 0.5) is 23.0 Å². The maximum Gasteiger partial charge on any atom is 0.138 e. The van der Waals surface area contributed by atoms with Crippen molar-refractivity contribution in [2.45, 2.75) is 0 Å². The molecule has 0 radical (unpaired) electrons. The van der Waals surface area contributed by atoms with Crippen LogP contribution in [0.2, 0.25) is 0 Å². The van der Waals surface area contributed by atoms with Crippen molar-refractivity contribution in [3.63, 3.8) is 0 Å². The first kappa shape index (κ1) is 14.5. The van der Waals surface area contributed by atoms with Gasteiger partial charge in [0.1, 0.15) is 18.0 Å². The van der Waals surface area contributed by atoms with E-state index in [9.17, 15) is 0 Å². The van der Waals surface area contributed by atoms with Gasteiger partial charge in [0.25, 0.3) is 0 Å². The van der Waals surface area contributed by atoms with Gasteiger partial charge >= 0.3 is 0 Å². The second-order valence-corrected chi connectivity index (χ2v) is 4.97. The molecule has 2 aromatic carbocycles. The van der Waals surface area contributed by atoms with Gasteiger partial charge in [0.15, 0.2) is 0 Å². The molecule has 0 atom stereocenters. The second-order valence-electron chi connectivity index (χ2n) is 4.97. The Bertz CT molecular complexity index is 839. The van der Waals surface area contributed by atoms with Crippen molar-refractivity contribution in [1.82, 2.24) is 9.97 Å².